The number of carbonyl (C=O) groups excluding carboxylic acids is 7. The van der Waals surface area contributed by atoms with E-state index in [2.05, 4.69) is 5.32 Å². The Bertz CT molecular complexity index is 1220. The van der Waals surface area contributed by atoms with E-state index in [-0.39, 0.29) is 54.7 Å². The second-order valence-corrected chi connectivity index (χ2v) is 18.5. The van der Waals surface area contributed by atoms with E-state index in [1.807, 2.05) is 32.5 Å². The van der Waals surface area contributed by atoms with Gasteiger partial charge in [-0.15, -0.1) is 0 Å². The van der Waals surface area contributed by atoms with Crippen LogP contribution in [0, 0.1) is 5.41 Å². The largest absolute Gasteiger partial charge is 0.481 e. The molecule has 0 saturated heterocycles. The Hall–Kier alpha value is -2.97. The molecule has 0 saturated carbocycles. The number of ketones is 3. The summed E-state index contributed by atoms with van der Waals surface area (Å²) in [4.78, 5) is 88.6. The van der Waals surface area contributed by atoms with Gasteiger partial charge >= 0.3 is 18.1 Å². The van der Waals surface area contributed by atoms with Crippen molar-refractivity contribution in [1.82, 2.24) is 5.32 Å². The van der Waals surface area contributed by atoms with Gasteiger partial charge in [0.2, 0.25) is 5.91 Å². The van der Waals surface area contributed by atoms with Crippen LogP contribution in [0.3, 0.4) is 0 Å². The molecule has 0 heterocycles. The number of ether oxygens (including phenoxy) is 4. The van der Waals surface area contributed by atoms with Gasteiger partial charge in [-0.05, 0) is 90.1 Å². The Balaban J connectivity index is 0. The summed E-state index contributed by atoms with van der Waals surface area (Å²) in [6.07, 6.45) is 16.1. The molecule has 0 spiro atoms. The summed E-state index contributed by atoms with van der Waals surface area (Å²) in [7, 11) is 0. The molecule has 354 valence electrons. The third-order valence-electron chi connectivity index (χ3n) is 9.31. The van der Waals surface area contributed by atoms with Crippen LogP contribution in [0.15, 0.2) is 0 Å². The van der Waals surface area contributed by atoms with Gasteiger partial charge in [-0.1, -0.05) is 59.3 Å². The van der Waals surface area contributed by atoms with E-state index in [0.29, 0.717) is 83.9 Å². The smallest absolute Gasteiger partial charge is 0.373 e. The Kier molecular flexibility index (Phi) is 39.3. The Morgan fingerprint density at radius 3 is 1.44 bits per heavy atom. The zero-order chi connectivity index (χ0) is 46.2. The number of Topliss-reactive ketones (excluding diaryl/α,β-unsaturated/α-hetero) is 3. The first-order chi connectivity index (χ1) is 28.9. The standard InChI is InChI=1S/C45H81NO11S.CO2/c1-44(2,3)40(49)23-13-9-7-11-19-35-58-36-20-12-8-10-14-24-41(50)46-39(43(53)57-45(4,5)6)27-25-37(47)21-15-17-29-54-31-33-56-34-32-55-30-18-16-22-38(48)26-28-42(51)52;2-1-3/h39H,7-36H2,1-6H3,(H,46,50)(H,51,52);. The maximum atomic E-state index is 12.9. The summed E-state index contributed by atoms with van der Waals surface area (Å²) in [5.41, 5.74) is -0.920. The summed E-state index contributed by atoms with van der Waals surface area (Å²) in [6.45, 7) is 14.1. The number of nitrogens with one attached hydrogen (secondary N) is 1. The van der Waals surface area contributed by atoms with Crippen molar-refractivity contribution in [2.75, 3.05) is 51.1 Å². The number of unbranched alkanes of at least 4 members (excludes halogenated alkanes) is 10. The number of thioether (sulfide) groups is 1. The monoisotopic (exact) mass is 888 g/mol. The molecule has 0 aromatic heterocycles. The first-order valence-electron chi connectivity index (χ1n) is 22.5. The topological polar surface area (TPSA) is 206 Å². The van der Waals surface area contributed by atoms with E-state index in [4.69, 9.17) is 33.6 Å². The van der Waals surface area contributed by atoms with Gasteiger partial charge in [0.25, 0.3) is 0 Å². The van der Waals surface area contributed by atoms with Crippen LogP contribution in [0.5, 0.6) is 0 Å². The molecule has 61 heavy (non-hydrogen) atoms. The molecule has 1 atom stereocenters. The highest BCUT2D eigenvalue weighted by atomic mass is 32.2. The van der Waals surface area contributed by atoms with Crippen molar-refractivity contribution in [3.05, 3.63) is 0 Å². The third kappa shape index (κ3) is 44.9. The second-order valence-electron chi connectivity index (χ2n) is 17.3. The molecular weight excluding hydrogens is 807 g/mol. The molecule has 0 aliphatic heterocycles. The molecule has 0 aliphatic carbocycles. The van der Waals surface area contributed by atoms with E-state index in [1.54, 1.807) is 20.8 Å². The predicted molar refractivity (Wildman–Crippen MR) is 236 cm³/mol. The van der Waals surface area contributed by atoms with Gasteiger partial charge in [-0.2, -0.15) is 21.4 Å². The van der Waals surface area contributed by atoms with Crippen LogP contribution in [-0.4, -0.2) is 109 Å². The number of rotatable bonds is 40. The Labute approximate surface area is 370 Å². The van der Waals surface area contributed by atoms with Crippen LogP contribution in [0.1, 0.15) is 183 Å². The zero-order valence-corrected chi connectivity index (χ0v) is 39.4. The summed E-state index contributed by atoms with van der Waals surface area (Å²) < 4.78 is 22.1. The van der Waals surface area contributed by atoms with Crippen molar-refractivity contribution in [2.45, 2.75) is 194 Å². The molecule has 0 aromatic carbocycles. The van der Waals surface area contributed by atoms with Crippen molar-refractivity contribution in [3.63, 3.8) is 0 Å². The molecule has 14 nitrogen and oxygen atoms in total. The van der Waals surface area contributed by atoms with E-state index < -0.39 is 23.6 Å². The summed E-state index contributed by atoms with van der Waals surface area (Å²) in [5.74, 6) is 1.06. The average Bonchev–Trinajstić information content (AvgIpc) is 3.17. The second kappa shape index (κ2) is 39.8. The van der Waals surface area contributed by atoms with Crippen LogP contribution in [0.4, 0.5) is 0 Å². The van der Waals surface area contributed by atoms with Gasteiger partial charge in [0.1, 0.15) is 29.0 Å². The lowest BCUT2D eigenvalue weighted by atomic mass is 9.88. The minimum atomic E-state index is -0.956. The molecule has 0 rings (SSSR count). The fourth-order valence-electron chi connectivity index (χ4n) is 5.80. The number of carbonyl (C=O) groups is 6. The van der Waals surface area contributed by atoms with Crippen LogP contribution < -0.4 is 5.32 Å². The van der Waals surface area contributed by atoms with Crippen molar-refractivity contribution in [3.8, 4) is 0 Å². The van der Waals surface area contributed by atoms with Crippen LogP contribution in [-0.2, 0) is 57.3 Å². The van der Waals surface area contributed by atoms with Crippen LogP contribution >= 0.6 is 11.8 Å². The summed E-state index contributed by atoms with van der Waals surface area (Å²) >= 11 is 2.01. The number of esters is 1. The van der Waals surface area contributed by atoms with Gasteiger partial charge in [-0.25, -0.2) is 4.79 Å². The number of hydrogen-bond donors (Lipinski definition) is 2. The molecular formula is C46H81NO13S. The number of aliphatic carboxylic acids is 1. The lowest BCUT2D eigenvalue weighted by Crippen LogP contribution is -2.44. The number of amides is 1. The summed E-state index contributed by atoms with van der Waals surface area (Å²) in [5, 5.41) is 11.4. The number of carboxylic acids is 1. The predicted octanol–water partition coefficient (Wildman–Crippen LogP) is 8.43. The van der Waals surface area contributed by atoms with Gasteiger partial charge in [-0.3, -0.25) is 24.0 Å². The minimum absolute atomic E-state index is 0.0335. The van der Waals surface area contributed by atoms with Gasteiger partial charge in [0.15, 0.2) is 0 Å². The van der Waals surface area contributed by atoms with Gasteiger partial charge < -0.3 is 29.4 Å². The lowest BCUT2D eigenvalue weighted by molar-refractivity contribution is -0.192. The van der Waals surface area contributed by atoms with Crippen LogP contribution in [0.25, 0.3) is 0 Å². The quantitative estimate of drug-likeness (QED) is 0.0438. The van der Waals surface area contributed by atoms with Gasteiger partial charge in [0.05, 0.1) is 32.8 Å². The lowest BCUT2D eigenvalue weighted by Gasteiger charge is -2.24. The highest BCUT2D eigenvalue weighted by molar-refractivity contribution is 7.99. The van der Waals surface area contributed by atoms with E-state index in [1.165, 1.54) is 31.4 Å². The molecule has 2 N–H and O–H groups in total. The third-order valence-corrected chi connectivity index (χ3v) is 10.5. The molecule has 1 amide bonds. The minimum Gasteiger partial charge on any atom is -0.481 e. The maximum Gasteiger partial charge on any atom is 0.373 e. The summed E-state index contributed by atoms with van der Waals surface area (Å²) in [6, 6.07) is -0.855. The number of carboxylic acid groups (broad SMARTS) is 1. The normalized spacial score (nSPS) is 11.8. The first kappa shape index (κ1) is 60.1. The molecule has 0 fully saturated rings. The SMILES string of the molecule is CC(C)(C)OC(=O)C(CCC(=O)CCCCOCCOCCOCCCCC(=O)CCC(=O)O)NC(=O)CCCCCCCSCCCCCCCC(=O)C(C)(C)C.O=C=O. The molecule has 0 aromatic rings. The van der Waals surface area contributed by atoms with E-state index >= 15 is 0 Å². The molecule has 15 heteroatoms. The zero-order valence-electron chi connectivity index (χ0n) is 38.5. The highest BCUT2D eigenvalue weighted by Crippen LogP contribution is 2.20. The van der Waals surface area contributed by atoms with Crippen molar-refractivity contribution < 1.29 is 62.4 Å². The van der Waals surface area contributed by atoms with Gasteiger partial charge in [0, 0.05) is 57.2 Å². The molecule has 0 bridgehead atoms. The fourth-order valence-corrected chi connectivity index (χ4v) is 6.82. The molecule has 0 radical (unpaired) electrons. The van der Waals surface area contributed by atoms with Crippen molar-refractivity contribution in [2.24, 2.45) is 5.41 Å². The Morgan fingerprint density at radius 2 is 0.967 bits per heavy atom. The molecule has 0 aliphatic rings. The average molecular weight is 888 g/mol. The van der Waals surface area contributed by atoms with E-state index in [0.717, 1.165) is 57.1 Å². The van der Waals surface area contributed by atoms with Crippen molar-refractivity contribution >= 4 is 53.1 Å². The first-order valence-corrected chi connectivity index (χ1v) is 23.7. The van der Waals surface area contributed by atoms with Crippen LogP contribution in [0.2, 0.25) is 0 Å². The molecule has 1 unspecified atom stereocenters. The fraction of sp³-hybridized carbons (Fsp3) is 0.848. The maximum absolute atomic E-state index is 12.9. The van der Waals surface area contributed by atoms with Crippen molar-refractivity contribution in [1.29, 1.82) is 0 Å². The number of hydrogen-bond acceptors (Lipinski definition) is 13. The Morgan fingerprint density at radius 1 is 0.541 bits per heavy atom. The highest BCUT2D eigenvalue weighted by Gasteiger charge is 2.27. The van der Waals surface area contributed by atoms with E-state index in [9.17, 15) is 28.8 Å².